The van der Waals surface area contributed by atoms with Crippen LogP contribution in [0.1, 0.15) is 52.6 Å². The van der Waals surface area contributed by atoms with Crippen molar-refractivity contribution in [2.75, 3.05) is 6.54 Å². The lowest BCUT2D eigenvalue weighted by Gasteiger charge is -2.33. The second-order valence-electron chi connectivity index (χ2n) is 7.31. The van der Waals surface area contributed by atoms with Crippen molar-refractivity contribution in [2.24, 2.45) is 0 Å². The fraction of sp³-hybridized carbons (Fsp3) is 0.350. The summed E-state index contributed by atoms with van der Waals surface area (Å²) in [7, 11) is -3.98. The minimum Gasteiger partial charge on any atom is -0.268 e. The summed E-state index contributed by atoms with van der Waals surface area (Å²) >= 11 is 0. The number of piperidine rings is 1. The Morgan fingerprint density at radius 1 is 1.17 bits per heavy atom. The molecule has 2 aliphatic rings. The van der Waals surface area contributed by atoms with E-state index in [1.54, 1.807) is 6.07 Å². The molecule has 0 aliphatic carbocycles. The van der Waals surface area contributed by atoms with Crippen LogP contribution in [0, 0.1) is 5.82 Å². The molecule has 1 aromatic carbocycles. The average Bonchev–Trinajstić information content (AvgIpc) is 2.94. The molecular weight excluding hydrogens is 397 g/mol. The third kappa shape index (κ3) is 3.34. The van der Waals surface area contributed by atoms with Gasteiger partial charge in [0.15, 0.2) is 0 Å². The highest BCUT2D eigenvalue weighted by atomic mass is 32.2. The Kier molecular flexibility index (Phi) is 4.95. The molecule has 1 fully saturated rings. The van der Waals surface area contributed by atoms with Crippen LogP contribution in [0.5, 0.6) is 0 Å². The van der Waals surface area contributed by atoms with Crippen molar-refractivity contribution >= 4 is 21.8 Å². The Hall–Kier alpha value is -2.65. The van der Waals surface area contributed by atoms with Gasteiger partial charge in [0, 0.05) is 18.8 Å². The summed E-state index contributed by atoms with van der Waals surface area (Å²) in [6.07, 6.45) is 3.82. The quantitative estimate of drug-likeness (QED) is 0.714. The van der Waals surface area contributed by atoms with Crippen molar-refractivity contribution in [3.8, 4) is 0 Å². The van der Waals surface area contributed by atoms with Crippen LogP contribution in [0.2, 0.25) is 0 Å². The fourth-order valence-electron chi connectivity index (χ4n) is 3.88. The molecule has 1 unspecified atom stereocenters. The standard InChI is InChI=1S/C20H20FN3O4S/c1-13-5-2-3-10-24(13)29(27,28)17-11-15(21)8-7-14(17)12-23-19(25)16-6-4-9-22-18(16)20(23)26/h4,6-9,11,13H,2-3,5,10,12H2,1H3. The summed E-state index contributed by atoms with van der Waals surface area (Å²) in [4.78, 5) is 29.9. The number of hydrogen-bond acceptors (Lipinski definition) is 5. The number of nitrogens with zero attached hydrogens (tertiary/aromatic N) is 3. The molecule has 0 N–H and O–H groups in total. The molecule has 0 spiro atoms. The van der Waals surface area contributed by atoms with E-state index in [9.17, 15) is 22.4 Å². The highest BCUT2D eigenvalue weighted by molar-refractivity contribution is 7.89. The van der Waals surface area contributed by atoms with Crippen molar-refractivity contribution in [2.45, 2.75) is 43.7 Å². The summed E-state index contributed by atoms with van der Waals surface area (Å²) in [6.45, 7) is 1.91. The van der Waals surface area contributed by atoms with Crippen molar-refractivity contribution < 1.29 is 22.4 Å². The smallest absolute Gasteiger partial charge is 0.268 e. The first-order chi connectivity index (χ1) is 13.8. The summed E-state index contributed by atoms with van der Waals surface area (Å²) < 4.78 is 41.9. The number of hydrogen-bond donors (Lipinski definition) is 0. The molecule has 2 amide bonds. The van der Waals surface area contributed by atoms with E-state index in [2.05, 4.69) is 4.98 Å². The van der Waals surface area contributed by atoms with Crippen LogP contribution in [0.4, 0.5) is 4.39 Å². The van der Waals surface area contributed by atoms with Gasteiger partial charge in [0.2, 0.25) is 10.0 Å². The number of carbonyl (C=O) groups is 2. The Morgan fingerprint density at radius 3 is 2.69 bits per heavy atom. The molecule has 29 heavy (non-hydrogen) atoms. The van der Waals surface area contributed by atoms with Crippen molar-refractivity contribution in [3.05, 3.63) is 59.2 Å². The maximum atomic E-state index is 14.0. The van der Waals surface area contributed by atoms with E-state index in [1.807, 2.05) is 6.92 Å². The molecule has 7 nitrogen and oxygen atoms in total. The number of amides is 2. The Morgan fingerprint density at radius 2 is 1.97 bits per heavy atom. The van der Waals surface area contributed by atoms with E-state index in [1.165, 1.54) is 22.6 Å². The average molecular weight is 417 g/mol. The minimum absolute atomic E-state index is 0.0358. The zero-order valence-electron chi connectivity index (χ0n) is 15.8. The molecule has 0 radical (unpaired) electrons. The molecular formula is C20H20FN3O4S. The maximum absolute atomic E-state index is 14.0. The number of benzene rings is 1. The topological polar surface area (TPSA) is 87.7 Å². The second kappa shape index (κ2) is 7.31. The number of rotatable bonds is 4. The predicted octanol–water partition coefficient (Wildman–Crippen LogP) is 2.58. The molecule has 0 saturated carbocycles. The molecule has 2 aromatic rings. The number of sulfonamides is 1. The number of aromatic nitrogens is 1. The minimum atomic E-state index is -3.98. The summed E-state index contributed by atoms with van der Waals surface area (Å²) in [5.74, 6) is -1.83. The Labute approximate surface area is 168 Å². The monoisotopic (exact) mass is 417 g/mol. The van der Waals surface area contributed by atoms with E-state index >= 15 is 0 Å². The zero-order chi connectivity index (χ0) is 20.8. The Bertz CT molecular complexity index is 1070. The third-order valence-corrected chi connectivity index (χ3v) is 7.51. The van der Waals surface area contributed by atoms with Crippen LogP contribution in [-0.2, 0) is 16.6 Å². The van der Waals surface area contributed by atoms with Gasteiger partial charge >= 0.3 is 0 Å². The molecule has 0 bridgehead atoms. The lowest BCUT2D eigenvalue weighted by Crippen LogP contribution is -2.42. The highest BCUT2D eigenvalue weighted by Crippen LogP contribution is 2.30. The van der Waals surface area contributed by atoms with E-state index in [-0.39, 0.29) is 34.3 Å². The number of halogens is 1. The van der Waals surface area contributed by atoms with Gasteiger partial charge in [-0.2, -0.15) is 4.31 Å². The van der Waals surface area contributed by atoms with E-state index in [4.69, 9.17) is 0 Å². The van der Waals surface area contributed by atoms with Gasteiger partial charge in [0.05, 0.1) is 17.0 Å². The summed E-state index contributed by atoms with van der Waals surface area (Å²) in [6, 6.07) is 6.26. The molecule has 1 atom stereocenters. The van der Waals surface area contributed by atoms with Gasteiger partial charge in [-0.05, 0) is 49.6 Å². The molecule has 1 saturated heterocycles. The van der Waals surface area contributed by atoms with Crippen LogP contribution in [0.15, 0.2) is 41.4 Å². The van der Waals surface area contributed by atoms with Crippen LogP contribution in [0.25, 0.3) is 0 Å². The van der Waals surface area contributed by atoms with Gasteiger partial charge in [-0.25, -0.2) is 12.8 Å². The SMILES string of the molecule is CC1CCCCN1S(=O)(=O)c1cc(F)ccc1CN1C(=O)c2cccnc2C1=O. The van der Waals surface area contributed by atoms with Crippen molar-refractivity contribution in [3.63, 3.8) is 0 Å². The van der Waals surface area contributed by atoms with Crippen LogP contribution in [0.3, 0.4) is 0 Å². The fourth-order valence-corrected chi connectivity index (χ4v) is 5.81. The maximum Gasteiger partial charge on any atom is 0.280 e. The number of carbonyl (C=O) groups excluding carboxylic acids is 2. The van der Waals surface area contributed by atoms with E-state index in [0.717, 1.165) is 36.3 Å². The lowest BCUT2D eigenvalue weighted by molar-refractivity contribution is 0.0639. The number of imide groups is 1. The van der Waals surface area contributed by atoms with Crippen LogP contribution in [-0.4, -0.2) is 47.0 Å². The van der Waals surface area contributed by atoms with Crippen LogP contribution >= 0.6 is 0 Å². The Balaban J connectivity index is 1.72. The van der Waals surface area contributed by atoms with Gasteiger partial charge in [-0.15, -0.1) is 0 Å². The predicted molar refractivity (Wildman–Crippen MR) is 102 cm³/mol. The summed E-state index contributed by atoms with van der Waals surface area (Å²) in [5, 5.41) is 0. The second-order valence-corrected chi connectivity index (χ2v) is 9.17. The van der Waals surface area contributed by atoms with Crippen LogP contribution < -0.4 is 0 Å². The molecule has 152 valence electrons. The first-order valence-corrected chi connectivity index (χ1v) is 10.9. The first-order valence-electron chi connectivity index (χ1n) is 9.42. The van der Waals surface area contributed by atoms with Crippen molar-refractivity contribution in [1.29, 1.82) is 0 Å². The normalized spacial score (nSPS) is 20.2. The molecule has 2 aliphatic heterocycles. The van der Waals surface area contributed by atoms with E-state index < -0.39 is 27.7 Å². The largest absolute Gasteiger partial charge is 0.280 e. The van der Waals surface area contributed by atoms with E-state index in [0.29, 0.717) is 6.54 Å². The molecule has 4 rings (SSSR count). The third-order valence-electron chi connectivity index (χ3n) is 5.42. The number of pyridine rings is 1. The molecule has 9 heteroatoms. The molecule has 3 heterocycles. The molecule has 1 aromatic heterocycles. The first kappa shape index (κ1) is 19.7. The lowest BCUT2D eigenvalue weighted by atomic mass is 10.1. The van der Waals surface area contributed by atoms with Gasteiger partial charge in [0.25, 0.3) is 11.8 Å². The zero-order valence-corrected chi connectivity index (χ0v) is 16.7. The summed E-state index contributed by atoms with van der Waals surface area (Å²) in [5.41, 5.74) is 0.404. The van der Waals surface area contributed by atoms with Gasteiger partial charge in [0.1, 0.15) is 11.5 Å². The highest BCUT2D eigenvalue weighted by Gasteiger charge is 2.38. The van der Waals surface area contributed by atoms with Gasteiger partial charge < -0.3 is 0 Å². The van der Waals surface area contributed by atoms with Gasteiger partial charge in [-0.3, -0.25) is 19.5 Å². The van der Waals surface area contributed by atoms with Crippen molar-refractivity contribution in [1.82, 2.24) is 14.2 Å². The van der Waals surface area contributed by atoms with Gasteiger partial charge in [-0.1, -0.05) is 12.5 Å². The number of fused-ring (bicyclic) bond motifs is 1.